The summed E-state index contributed by atoms with van der Waals surface area (Å²) in [6, 6.07) is 6.88. The van der Waals surface area contributed by atoms with Gasteiger partial charge in [-0.25, -0.2) is 9.59 Å². The summed E-state index contributed by atoms with van der Waals surface area (Å²) in [5.74, 6) is -0.584. The van der Waals surface area contributed by atoms with Crippen molar-refractivity contribution in [1.29, 1.82) is 0 Å². The van der Waals surface area contributed by atoms with E-state index >= 15 is 0 Å². The van der Waals surface area contributed by atoms with Crippen molar-refractivity contribution in [2.45, 2.75) is 39.3 Å². The van der Waals surface area contributed by atoms with Gasteiger partial charge in [0.25, 0.3) is 0 Å². The van der Waals surface area contributed by atoms with Gasteiger partial charge in [-0.05, 0) is 31.2 Å². The molecule has 2 rings (SSSR count). The van der Waals surface area contributed by atoms with Crippen molar-refractivity contribution >= 4 is 12.0 Å². The number of carboxylic acids is 1. The molecule has 0 radical (unpaired) electrons. The van der Waals surface area contributed by atoms with Gasteiger partial charge in [0.2, 0.25) is 0 Å². The highest BCUT2D eigenvalue weighted by Gasteiger charge is 2.34. The summed E-state index contributed by atoms with van der Waals surface area (Å²) in [5, 5.41) is 12.1. The Morgan fingerprint density at radius 1 is 1.43 bits per heavy atom. The van der Waals surface area contributed by atoms with Crippen LogP contribution in [0.15, 0.2) is 24.3 Å². The number of likely N-dealkylation sites (tertiary alicyclic amines) is 1. The fourth-order valence-corrected chi connectivity index (χ4v) is 2.72. The van der Waals surface area contributed by atoms with Gasteiger partial charge in [-0.15, -0.1) is 0 Å². The molecular formula is C16H22N2O3. The molecule has 0 aliphatic carbocycles. The number of hydrogen-bond donors (Lipinski definition) is 2. The fraction of sp³-hybridized carbons (Fsp3) is 0.500. The Bertz CT molecular complexity index is 530. The Morgan fingerprint density at radius 2 is 2.19 bits per heavy atom. The van der Waals surface area contributed by atoms with E-state index in [1.165, 1.54) is 4.90 Å². The quantitative estimate of drug-likeness (QED) is 0.898. The summed E-state index contributed by atoms with van der Waals surface area (Å²) in [7, 11) is 0. The normalized spacial score (nSPS) is 21.9. The van der Waals surface area contributed by atoms with Crippen LogP contribution < -0.4 is 5.32 Å². The summed E-state index contributed by atoms with van der Waals surface area (Å²) >= 11 is 0. The molecule has 2 atom stereocenters. The van der Waals surface area contributed by atoms with E-state index in [1.54, 1.807) is 0 Å². The molecule has 0 aromatic heterocycles. The van der Waals surface area contributed by atoms with Crippen LogP contribution in [0.2, 0.25) is 0 Å². The molecule has 0 saturated carbocycles. The number of piperidine rings is 1. The van der Waals surface area contributed by atoms with E-state index in [2.05, 4.69) is 5.32 Å². The summed E-state index contributed by atoms with van der Waals surface area (Å²) in [4.78, 5) is 25.0. The molecule has 1 aromatic rings. The van der Waals surface area contributed by atoms with Gasteiger partial charge in [0.05, 0.1) is 0 Å². The number of hydrogen-bond acceptors (Lipinski definition) is 2. The van der Waals surface area contributed by atoms with Gasteiger partial charge in [0, 0.05) is 13.1 Å². The first-order chi connectivity index (χ1) is 9.97. The second kappa shape index (κ2) is 6.61. The van der Waals surface area contributed by atoms with Crippen molar-refractivity contribution in [2.75, 3.05) is 6.54 Å². The van der Waals surface area contributed by atoms with Gasteiger partial charge < -0.3 is 15.3 Å². The molecule has 1 aromatic carbocycles. The number of aliphatic carboxylic acids is 1. The van der Waals surface area contributed by atoms with E-state index in [1.807, 2.05) is 38.1 Å². The minimum absolute atomic E-state index is 0.296. The highest BCUT2D eigenvalue weighted by atomic mass is 16.4. The zero-order valence-electron chi connectivity index (χ0n) is 12.5. The maximum absolute atomic E-state index is 12.2. The molecule has 5 nitrogen and oxygen atoms in total. The topological polar surface area (TPSA) is 69.6 Å². The van der Waals surface area contributed by atoms with E-state index in [-0.39, 0.29) is 6.03 Å². The standard InChI is InChI=1S/C16H22N2O3/c1-11-4-3-5-13(8-11)10-17-16(21)18-7-6-12(2)9-14(18)15(19)20/h3-5,8,12,14H,6-7,9-10H2,1-2H3,(H,17,21)(H,19,20). The summed E-state index contributed by atoms with van der Waals surface area (Å²) in [6.45, 7) is 4.94. The van der Waals surface area contributed by atoms with Crippen molar-refractivity contribution in [1.82, 2.24) is 10.2 Å². The molecule has 1 aliphatic rings. The van der Waals surface area contributed by atoms with E-state index in [4.69, 9.17) is 0 Å². The van der Waals surface area contributed by atoms with Crippen LogP contribution in [0.25, 0.3) is 0 Å². The SMILES string of the molecule is Cc1cccc(CNC(=O)N2CCC(C)CC2C(=O)O)c1. The number of benzene rings is 1. The van der Waals surface area contributed by atoms with Crippen LogP contribution >= 0.6 is 0 Å². The van der Waals surface area contributed by atoms with Gasteiger partial charge in [-0.3, -0.25) is 0 Å². The van der Waals surface area contributed by atoms with Crippen LogP contribution in [0.5, 0.6) is 0 Å². The molecule has 0 bridgehead atoms. The lowest BCUT2D eigenvalue weighted by atomic mass is 9.93. The average molecular weight is 290 g/mol. The molecule has 1 heterocycles. The van der Waals surface area contributed by atoms with Crippen LogP contribution in [-0.2, 0) is 11.3 Å². The zero-order chi connectivity index (χ0) is 15.4. The predicted molar refractivity (Wildman–Crippen MR) is 79.9 cm³/mol. The number of urea groups is 1. The number of nitrogens with zero attached hydrogens (tertiary/aromatic N) is 1. The Labute approximate surface area is 125 Å². The number of rotatable bonds is 3. The van der Waals surface area contributed by atoms with Gasteiger partial charge in [-0.2, -0.15) is 0 Å². The molecule has 1 saturated heterocycles. The fourth-order valence-electron chi connectivity index (χ4n) is 2.72. The lowest BCUT2D eigenvalue weighted by Crippen LogP contribution is -2.53. The van der Waals surface area contributed by atoms with Gasteiger partial charge in [0.15, 0.2) is 0 Å². The Balaban J connectivity index is 1.97. The molecule has 114 valence electrons. The minimum Gasteiger partial charge on any atom is -0.480 e. The molecule has 2 N–H and O–H groups in total. The van der Waals surface area contributed by atoms with Gasteiger partial charge >= 0.3 is 12.0 Å². The third-order valence-electron chi connectivity index (χ3n) is 3.94. The van der Waals surface area contributed by atoms with Crippen LogP contribution in [0.1, 0.15) is 30.9 Å². The first kappa shape index (κ1) is 15.4. The number of aryl methyl sites for hydroxylation is 1. The van der Waals surface area contributed by atoms with E-state index < -0.39 is 12.0 Å². The second-order valence-corrected chi connectivity index (χ2v) is 5.82. The Kier molecular flexibility index (Phi) is 4.83. The Hall–Kier alpha value is -2.04. The summed E-state index contributed by atoms with van der Waals surface area (Å²) in [6.07, 6.45) is 1.37. The number of carbonyl (C=O) groups is 2. The lowest BCUT2D eigenvalue weighted by molar-refractivity contribution is -0.143. The third kappa shape index (κ3) is 3.97. The first-order valence-electron chi connectivity index (χ1n) is 7.30. The van der Waals surface area contributed by atoms with Crippen LogP contribution in [0.3, 0.4) is 0 Å². The van der Waals surface area contributed by atoms with Gasteiger partial charge in [-0.1, -0.05) is 36.8 Å². The Morgan fingerprint density at radius 3 is 2.86 bits per heavy atom. The van der Waals surface area contributed by atoms with Crippen molar-refractivity contribution < 1.29 is 14.7 Å². The highest BCUT2D eigenvalue weighted by molar-refractivity contribution is 5.82. The lowest BCUT2D eigenvalue weighted by Gasteiger charge is -2.35. The number of carboxylic acid groups (broad SMARTS) is 1. The van der Waals surface area contributed by atoms with E-state index in [0.29, 0.717) is 25.4 Å². The largest absolute Gasteiger partial charge is 0.480 e. The molecule has 1 aliphatic heterocycles. The number of nitrogens with one attached hydrogen (secondary N) is 1. The van der Waals surface area contributed by atoms with Crippen LogP contribution in [0, 0.1) is 12.8 Å². The molecule has 21 heavy (non-hydrogen) atoms. The van der Waals surface area contributed by atoms with E-state index in [0.717, 1.165) is 17.5 Å². The molecule has 0 spiro atoms. The monoisotopic (exact) mass is 290 g/mol. The third-order valence-corrected chi connectivity index (χ3v) is 3.94. The maximum atomic E-state index is 12.2. The molecule has 1 fully saturated rings. The van der Waals surface area contributed by atoms with Gasteiger partial charge in [0.1, 0.15) is 6.04 Å². The molecule has 5 heteroatoms. The zero-order valence-corrected chi connectivity index (χ0v) is 12.5. The summed E-state index contributed by atoms with van der Waals surface area (Å²) < 4.78 is 0. The number of carbonyl (C=O) groups excluding carboxylic acids is 1. The minimum atomic E-state index is -0.924. The van der Waals surface area contributed by atoms with Crippen LogP contribution in [0.4, 0.5) is 4.79 Å². The van der Waals surface area contributed by atoms with Crippen molar-refractivity contribution in [3.05, 3.63) is 35.4 Å². The van der Waals surface area contributed by atoms with Crippen LogP contribution in [-0.4, -0.2) is 34.6 Å². The van der Waals surface area contributed by atoms with Crippen molar-refractivity contribution in [3.8, 4) is 0 Å². The van der Waals surface area contributed by atoms with Crippen molar-refractivity contribution in [3.63, 3.8) is 0 Å². The molecular weight excluding hydrogens is 268 g/mol. The van der Waals surface area contributed by atoms with Crippen molar-refractivity contribution in [2.24, 2.45) is 5.92 Å². The first-order valence-corrected chi connectivity index (χ1v) is 7.30. The predicted octanol–water partition coefficient (Wildman–Crippen LogP) is 2.39. The molecule has 2 unspecified atom stereocenters. The second-order valence-electron chi connectivity index (χ2n) is 5.82. The smallest absolute Gasteiger partial charge is 0.326 e. The highest BCUT2D eigenvalue weighted by Crippen LogP contribution is 2.22. The van der Waals surface area contributed by atoms with E-state index in [9.17, 15) is 14.7 Å². The summed E-state index contributed by atoms with van der Waals surface area (Å²) in [5.41, 5.74) is 2.15. The number of amides is 2. The maximum Gasteiger partial charge on any atom is 0.326 e. The molecule has 2 amide bonds. The average Bonchev–Trinajstić information content (AvgIpc) is 2.44.